The first-order chi connectivity index (χ1) is 15.0. The van der Waals surface area contributed by atoms with Crippen molar-refractivity contribution in [1.29, 1.82) is 0 Å². The topological polar surface area (TPSA) is 66.3 Å². The van der Waals surface area contributed by atoms with E-state index in [1.807, 2.05) is 13.0 Å². The first-order valence-corrected chi connectivity index (χ1v) is 10.6. The molecule has 0 spiro atoms. The Morgan fingerprint density at radius 1 is 1.19 bits per heavy atom. The summed E-state index contributed by atoms with van der Waals surface area (Å²) in [5.74, 6) is 0.127. The van der Waals surface area contributed by atoms with Gasteiger partial charge in [-0.25, -0.2) is 14.4 Å². The average Bonchev–Trinajstić information content (AvgIpc) is 3.34. The number of rotatable bonds is 6. The molecule has 4 rings (SSSR count). The van der Waals surface area contributed by atoms with Gasteiger partial charge in [0.1, 0.15) is 18.0 Å². The van der Waals surface area contributed by atoms with Gasteiger partial charge in [0.2, 0.25) is 0 Å². The maximum atomic E-state index is 14.1. The summed E-state index contributed by atoms with van der Waals surface area (Å²) >= 11 is 0. The molecule has 1 saturated heterocycles. The molecule has 1 atom stereocenters. The van der Waals surface area contributed by atoms with E-state index < -0.39 is 0 Å². The lowest BCUT2D eigenvalue weighted by atomic mass is 10.0. The number of anilines is 1. The minimum Gasteiger partial charge on any atom is -0.369 e. The number of amides is 1. The fraction of sp³-hybridized carbons (Fsp3) is 0.348. The number of nitrogens with zero attached hydrogens (tertiary/aromatic N) is 5. The Bertz CT molecular complexity index is 1010. The zero-order valence-electron chi connectivity index (χ0n) is 17.8. The van der Waals surface area contributed by atoms with Crippen molar-refractivity contribution in [2.24, 2.45) is 0 Å². The Hall–Kier alpha value is -3.26. The molecule has 1 aromatic carbocycles. The van der Waals surface area contributed by atoms with Crippen LogP contribution in [0.5, 0.6) is 0 Å². The third kappa shape index (κ3) is 4.74. The molecule has 1 fully saturated rings. The Morgan fingerprint density at radius 3 is 2.65 bits per heavy atom. The smallest absolute Gasteiger partial charge is 0.253 e. The number of benzene rings is 1. The number of imidazole rings is 1. The van der Waals surface area contributed by atoms with Gasteiger partial charge in [0.15, 0.2) is 0 Å². The van der Waals surface area contributed by atoms with Crippen LogP contribution in [0.15, 0.2) is 55.2 Å². The van der Waals surface area contributed by atoms with Crippen LogP contribution in [0.25, 0.3) is 5.82 Å². The SMILES string of the molecule is CCN1CCN(c2ccc(F)cc2C(C)NC(=O)c2ccc(-n3ccnc3)nc2)CC1. The van der Waals surface area contributed by atoms with Crippen molar-refractivity contribution in [2.75, 3.05) is 37.6 Å². The summed E-state index contributed by atoms with van der Waals surface area (Å²) in [4.78, 5) is 25.8. The number of hydrogen-bond acceptors (Lipinski definition) is 5. The fourth-order valence-electron chi connectivity index (χ4n) is 3.89. The lowest BCUT2D eigenvalue weighted by molar-refractivity contribution is 0.0939. The van der Waals surface area contributed by atoms with E-state index >= 15 is 0 Å². The predicted octanol–water partition coefficient (Wildman–Crippen LogP) is 3.04. The van der Waals surface area contributed by atoms with E-state index in [1.54, 1.807) is 35.4 Å². The number of aromatic nitrogens is 3. The minimum atomic E-state index is -0.351. The zero-order chi connectivity index (χ0) is 21.8. The highest BCUT2D eigenvalue weighted by Gasteiger charge is 2.22. The van der Waals surface area contributed by atoms with Crippen molar-refractivity contribution in [1.82, 2.24) is 24.8 Å². The molecule has 0 radical (unpaired) electrons. The van der Waals surface area contributed by atoms with Crippen molar-refractivity contribution < 1.29 is 9.18 Å². The molecule has 0 bridgehead atoms. The standard InChI is InChI=1S/C23H27FN6O/c1-3-28-10-12-29(13-11-28)21-6-5-19(24)14-20(21)17(2)27-23(31)18-4-7-22(26-15-18)30-9-8-25-16-30/h4-9,14-17H,3,10-13H2,1-2H3,(H,27,31). The molecule has 7 nitrogen and oxygen atoms in total. The Balaban J connectivity index is 1.48. The predicted molar refractivity (Wildman–Crippen MR) is 118 cm³/mol. The molecule has 31 heavy (non-hydrogen) atoms. The van der Waals surface area contributed by atoms with Crippen LogP contribution in [0.2, 0.25) is 0 Å². The summed E-state index contributed by atoms with van der Waals surface area (Å²) in [5.41, 5.74) is 2.20. The van der Waals surface area contributed by atoms with Crippen LogP contribution in [0.3, 0.4) is 0 Å². The third-order valence-electron chi connectivity index (χ3n) is 5.74. The number of pyridine rings is 1. The van der Waals surface area contributed by atoms with E-state index in [0.29, 0.717) is 11.4 Å². The Morgan fingerprint density at radius 2 is 2.00 bits per heavy atom. The highest BCUT2D eigenvalue weighted by Crippen LogP contribution is 2.28. The van der Waals surface area contributed by atoms with Crippen molar-refractivity contribution in [3.8, 4) is 5.82 Å². The highest BCUT2D eigenvalue weighted by molar-refractivity contribution is 5.94. The molecule has 1 unspecified atom stereocenters. The van der Waals surface area contributed by atoms with Crippen molar-refractivity contribution in [3.05, 3.63) is 72.2 Å². The van der Waals surface area contributed by atoms with Gasteiger partial charge in [-0.2, -0.15) is 0 Å². The van der Waals surface area contributed by atoms with E-state index in [9.17, 15) is 9.18 Å². The van der Waals surface area contributed by atoms with Crippen molar-refractivity contribution >= 4 is 11.6 Å². The zero-order valence-corrected chi connectivity index (χ0v) is 17.8. The summed E-state index contributed by atoms with van der Waals surface area (Å²) in [6.07, 6.45) is 6.64. The summed E-state index contributed by atoms with van der Waals surface area (Å²) < 4.78 is 15.8. The van der Waals surface area contributed by atoms with Gasteiger partial charge >= 0.3 is 0 Å². The molecule has 3 aromatic rings. The van der Waals surface area contributed by atoms with Crippen LogP contribution >= 0.6 is 0 Å². The number of nitrogens with one attached hydrogen (secondary N) is 1. The normalized spacial score (nSPS) is 15.6. The Labute approximate surface area is 181 Å². The molecule has 0 saturated carbocycles. The molecule has 8 heteroatoms. The lowest BCUT2D eigenvalue weighted by Gasteiger charge is -2.37. The van der Waals surface area contributed by atoms with Gasteiger partial charge in [-0.1, -0.05) is 6.92 Å². The Kier molecular flexibility index (Phi) is 6.27. The summed E-state index contributed by atoms with van der Waals surface area (Å²) in [6, 6.07) is 7.96. The molecule has 1 aliphatic heterocycles. The second-order valence-electron chi connectivity index (χ2n) is 7.69. The minimum absolute atomic E-state index is 0.247. The first kappa shape index (κ1) is 21.0. The van der Waals surface area contributed by atoms with Gasteiger partial charge in [0.05, 0.1) is 11.6 Å². The first-order valence-electron chi connectivity index (χ1n) is 10.6. The number of carbonyl (C=O) groups excluding carboxylic acids is 1. The van der Waals surface area contributed by atoms with E-state index in [2.05, 4.69) is 32.0 Å². The molecule has 0 aliphatic carbocycles. The summed E-state index contributed by atoms with van der Waals surface area (Å²) in [5, 5.41) is 2.99. The molecular formula is C23H27FN6O. The number of piperazine rings is 1. The van der Waals surface area contributed by atoms with Crippen LogP contribution < -0.4 is 10.2 Å². The van der Waals surface area contributed by atoms with Gasteiger partial charge < -0.3 is 15.1 Å². The van der Waals surface area contributed by atoms with Crippen LogP contribution in [-0.2, 0) is 0 Å². The summed E-state index contributed by atoms with van der Waals surface area (Å²) in [7, 11) is 0. The van der Waals surface area contributed by atoms with Gasteiger partial charge in [0.25, 0.3) is 5.91 Å². The van der Waals surface area contributed by atoms with Crippen molar-refractivity contribution in [3.63, 3.8) is 0 Å². The molecule has 2 aromatic heterocycles. The molecule has 1 amide bonds. The highest BCUT2D eigenvalue weighted by atomic mass is 19.1. The van der Waals surface area contributed by atoms with Gasteiger partial charge in [-0.05, 0) is 43.8 Å². The lowest BCUT2D eigenvalue weighted by Crippen LogP contribution is -2.46. The quantitative estimate of drug-likeness (QED) is 0.662. The molecule has 3 heterocycles. The summed E-state index contributed by atoms with van der Waals surface area (Å²) in [6.45, 7) is 8.79. The molecule has 1 aliphatic rings. The number of hydrogen-bond donors (Lipinski definition) is 1. The van der Waals surface area contributed by atoms with E-state index in [0.717, 1.165) is 44.0 Å². The van der Waals surface area contributed by atoms with Crippen LogP contribution in [0.1, 0.15) is 35.8 Å². The third-order valence-corrected chi connectivity index (χ3v) is 5.74. The second kappa shape index (κ2) is 9.26. The van der Waals surface area contributed by atoms with Crippen molar-refractivity contribution in [2.45, 2.75) is 19.9 Å². The number of halogens is 1. The van der Waals surface area contributed by atoms with E-state index in [4.69, 9.17) is 0 Å². The molecular weight excluding hydrogens is 395 g/mol. The largest absolute Gasteiger partial charge is 0.369 e. The second-order valence-corrected chi connectivity index (χ2v) is 7.69. The van der Waals surface area contributed by atoms with Gasteiger partial charge in [-0.3, -0.25) is 9.36 Å². The van der Waals surface area contributed by atoms with E-state index in [1.165, 1.54) is 18.3 Å². The number of likely N-dealkylation sites (N-methyl/N-ethyl adjacent to an activating group) is 1. The monoisotopic (exact) mass is 422 g/mol. The maximum absolute atomic E-state index is 14.1. The number of carbonyl (C=O) groups is 1. The molecule has 1 N–H and O–H groups in total. The van der Waals surface area contributed by atoms with Crippen LogP contribution in [-0.4, -0.2) is 58.1 Å². The average molecular weight is 423 g/mol. The van der Waals surface area contributed by atoms with Gasteiger partial charge in [-0.15, -0.1) is 0 Å². The van der Waals surface area contributed by atoms with E-state index in [-0.39, 0.29) is 17.8 Å². The molecule has 162 valence electrons. The fourth-order valence-corrected chi connectivity index (χ4v) is 3.89. The van der Waals surface area contributed by atoms with Crippen LogP contribution in [0, 0.1) is 5.82 Å². The maximum Gasteiger partial charge on any atom is 0.253 e. The van der Waals surface area contributed by atoms with Gasteiger partial charge in [0, 0.05) is 56.0 Å². The van der Waals surface area contributed by atoms with Crippen LogP contribution in [0.4, 0.5) is 10.1 Å².